The number of unbranched alkanes of at least 4 members (excludes halogenated alkanes) is 6. The molecule has 2 N–H and O–H groups in total. The van der Waals surface area contributed by atoms with Gasteiger partial charge >= 0.3 is 0 Å². The molecule has 554 valence electrons. The first kappa shape index (κ1) is 96.5. The number of Topliss-reactive ketones (excluding diaryl/α,β-unsaturated/α-hetero) is 7. The lowest BCUT2D eigenvalue weighted by Crippen LogP contribution is -2.31. The summed E-state index contributed by atoms with van der Waals surface area (Å²) in [7, 11) is 0. The summed E-state index contributed by atoms with van der Waals surface area (Å²) in [6.45, 7) is 31.5. The number of carbonyl (C=O) groups excluding carboxylic acids is 9. The normalized spacial score (nSPS) is 11.4. The smallest absolute Gasteiger partial charge is 0.246 e. The first-order valence-electron chi connectivity index (χ1n) is 34.4. The maximum Gasteiger partial charge on any atom is 0.246 e. The van der Waals surface area contributed by atoms with Crippen LogP contribution in [-0.4, -0.2) is 224 Å². The fourth-order valence-corrected chi connectivity index (χ4v) is 7.22. The Morgan fingerprint density at radius 2 is 0.479 bits per heavy atom. The lowest BCUT2D eigenvalue weighted by Gasteiger charge is -2.16. The van der Waals surface area contributed by atoms with Crippen LogP contribution in [0.25, 0.3) is 0 Å². The van der Waals surface area contributed by atoms with E-state index in [0.29, 0.717) is 201 Å². The summed E-state index contributed by atoms with van der Waals surface area (Å²) < 4.78 is 64.1. The molecule has 94 heavy (non-hydrogen) atoms. The Morgan fingerprint density at radius 3 is 0.777 bits per heavy atom. The number of hydrogen-bond acceptors (Lipinski definition) is 21. The van der Waals surface area contributed by atoms with Gasteiger partial charge in [-0.3, -0.25) is 43.2 Å². The van der Waals surface area contributed by atoms with Crippen LogP contribution in [0, 0.1) is 16.2 Å². The SMILES string of the molecule is C.CCCCCC(=O)CCCOCCOCC(=O)C(C)(C)C.CCCCCC(=O)CCCOCCOCC(=O)NCCOCCOCC(=O)CCCOCCOCC(=O)C(C)(C)C.CCCCCC(=O)NCCOCCOCC(=O)CCCOCCOCC(=O)C(C)(C)C. The van der Waals surface area contributed by atoms with Crippen molar-refractivity contribution in [2.24, 2.45) is 16.2 Å². The van der Waals surface area contributed by atoms with Gasteiger partial charge in [-0.25, -0.2) is 0 Å². The molecule has 0 heterocycles. The van der Waals surface area contributed by atoms with Crippen molar-refractivity contribution in [2.75, 3.05) is 172 Å². The molecule has 0 saturated carbocycles. The number of rotatable bonds is 64. The van der Waals surface area contributed by atoms with Crippen molar-refractivity contribution in [3.8, 4) is 0 Å². The van der Waals surface area contributed by atoms with Crippen LogP contribution in [0.1, 0.15) is 219 Å². The zero-order valence-electron chi connectivity index (χ0n) is 60.1. The molecule has 0 aromatic rings. The summed E-state index contributed by atoms with van der Waals surface area (Å²) in [5.74, 6) is 0.677. The molecule has 0 aromatic heterocycles. The highest BCUT2D eigenvalue weighted by Gasteiger charge is 2.23. The minimum Gasteiger partial charge on any atom is -0.379 e. The minimum absolute atomic E-state index is 0. The average Bonchev–Trinajstić information content (AvgIpc) is 1.60. The Labute approximate surface area is 567 Å². The van der Waals surface area contributed by atoms with Crippen LogP contribution in [0.2, 0.25) is 0 Å². The monoisotopic (exact) mass is 1350 g/mol. The van der Waals surface area contributed by atoms with Gasteiger partial charge in [0.1, 0.15) is 51.2 Å². The van der Waals surface area contributed by atoms with Crippen molar-refractivity contribution in [1.82, 2.24) is 10.6 Å². The summed E-state index contributed by atoms with van der Waals surface area (Å²) in [6, 6.07) is 0. The van der Waals surface area contributed by atoms with Crippen LogP contribution in [0.5, 0.6) is 0 Å². The highest BCUT2D eigenvalue weighted by atomic mass is 16.5. The molecule has 0 aliphatic carbocycles. The summed E-state index contributed by atoms with van der Waals surface area (Å²) in [5, 5.41) is 5.51. The summed E-state index contributed by atoms with van der Waals surface area (Å²) in [5.41, 5.74) is -1.14. The van der Waals surface area contributed by atoms with E-state index in [4.69, 9.17) is 56.8 Å². The fraction of sp³-hybridized carbons (Fsp3) is 0.873. The molecule has 2 amide bonds. The van der Waals surface area contributed by atoms with Crippen molar-refractivity contribution in [3.63, 3.8) is 0 Å². The van der Waals surface area contributed by atoms with E-state index in [9.17, 15) is 43.2 Å². The molecule has 0 unspecified atom stereocenters. The number of carbonyl (C=O) groups is 9. The third-order valence-electron chi connectivity index (χ3n) is 13.4. The van der Waals surface area contributed by atoms with Gasteiger partial charge in [0.25, 0.3) is 0 Å². The summed E-state index contributed by atoms with van der Waals surface area (Å²) in [4.78, 5) is 105. The van der Waals surface area contributed by atoms with Gasteiger partial charge in [0.05, 0.1) is 92.5 Å². The van der Waals surface area contributed by atoms with E-state index in [0.717, 1.165) is 64.2 Å². The first-order valence-corrected chi connectivity index (χ1v) is 34.4. The van der Waals surface area contributed by atoms with Crippen molar-refractivity contribution < 1.29 is 100.0 Å². The largest absolute Gasteiger partial charge is 0.379 e. The summed E-state index contributed by atoms with van der Waals surface area (Å²) >= 11 is 0. The van der Waals surface area contributed by atoms with Gasteiger partial charge in [-0.15, -0.1) is 0 Å². The lowest BCUT2D eigenvalue weighted by atomic mass is 9.91. The maximum absolute atomic E-state index is 11.8. The third-order valence-corrected chi connectivity index (χ3v) is 13.4. The second-order valence-corrected chi connectivity index (χ2v) is 25.6. The van der Waals surface area contributed by atoms with Crippen LogP contribution in [-0.2, 0) is 100.0 Å². The Morgan fingerprint density at radius 1 is 0.245 bits per heavy atom. The number of amides is 2. The topological polar surface area (TPSA) is 288 Å². The van der Waals surface area contributed by atoms with Gasteiger partial charge in [-0.05, 0) is 44.9 Å². The number of ether oxygens (including phenoxy) is 12. The average molecular weight is 1350 g/mol. The van der Waals surface area contributed by atoms with Crippen molar-refractivity contribution >= 4 is 52.3 Å². The van der Waals surface area contributed by atoms with E-state index in [1.54, 1.807) is 0 Å². The fourth-order valence-electron chi connectivity index (χ4n) is 7.22. The molecule has 23 nitrogen and oxygen atoms in total. The van der Waals surface area contributed by atoms with Gasteiger partial charge in [0, 0.05) is 101 Å². The van der Waals surface area contributed by atoms with Crippen LogP contribution in [0.3, 0.4) is 0 Å². The second-order valence-electron chi connectivity index (χ2n) is 25.6. The number of hydrogen-bond donors (Lipinski definition) is 2. The highest BCUT2D eigenvalue weighted by molar-refractivity contribution is 5.86. The van der Waals surface area contributed by atoms with Crippen LogP contribution >= 0.6 is 0 Å². The van der Waals surface area contributed by atoms with Gasteiger partial charge in [-0.1, -0.05) is 129 Å². The molecule has 0 aliphatic heterocycles. The number of ketones is 7. The Balaban J connectivity index is -0.000000677. The molecule has 0 atom stereocenters. The molecule has 0 spiro atoms. The first-order chi connectivity index (χ1) is 44.3. The van der Waals surface area contributed by atoms with E-state index in [1.165, 1.54) is 0 Å². The van der Waals surface area contributed by atoms with Gasteiger partial charge in [-0.2, -0.15) is 0 Å². The van der Waals surface area contributed by atoms with Gasteiger partial charge < -0.3 is 67.5 Å². The molecular weight excluding hydrogens is 1220 g/mol. The van der Waals surface area contributed by atoms with Crippen LogP contribution in [0.4, 0.5) is 0 Å². The van der Waals surface area contributed by atoms with E-state index < -0.39 is 5.41 Å². The predicted octanol–water partition coefficient (Wildman–Crippen LogP) is 10.0. The molecule has 0 radical (unpaired) electrons. The van der Waals surface area contributed by atoms with Gasteiger partial charge in [0.15, 0.2) is 28.9 Å². The molecular formula is C71H134N2O21. The van der Waals surface area contributed by atoms with Crippen molar-refractivity contribution in [2.45, 2.75) is 219 Å². The molecule has 0 bridgehead atoms. The second kappa shape index (κ2) is 67.7. The maximum atomic E-state index is 11.8. The third kappa shape index (κ3) is 74.0. The highest BCUT2D eigenvalue weighted by Crippen LogP contribution is 2.16. The molecule has 0 aliphatic rings. The molecule has 0 saturated heterocycles. The Kier molecular flexibility index (Phi) is 69.5. The van der Waals surface area contributed by atoms with Crippen LogP contribution < -0.4 is 10.6 Å². The molecule has 0 aromatic carbocycles. The zero-order chi connectivity index (χ0) is 70.1. The van der Waals surface area contributed by atoms with E-state index >= 15 is 0 Å². The Bertz CT molecular complexity index is 1880. The quantitative estimate of drug-likeness (QED) is 0.0535. The van der Waals surface area contributed by atoms with E-state index in [2.05, 4.69) is 31.4 Å². The molecule has 23 heteroatoms. The van der Waals surface area contributed by atoms with Gasteiger partial charge in [0.2, 0.25) is 11.8 Å². The zero-order valence-corrected chi connectivity index (χ0v) is 60.1. The summed E-state index contributed by atoms with van der Waals surface area (Å²) in [6.07, 6.45) is 16.1. The van der Waals surface area contributed by atoms with E-state index in [1.807, 2.05) is 62.3 Å². The van der Waals surface area contributed by atoms with Crippen LogP contribution in [0.15, 0.2) is 0 Å². The Hall–Kier alpha value is -3.85. The standard InChI is InChI=1S/C30H55NO10.C23H43NO7.C17H32O4.CH4/c1-5-6-7-10-26(32)11-8-14-36-18-22-41-25-29(35)31-13-16-38-19-20-39-23-27(33)12-9-15-37-17-21-40-24-28(34)30(2,3)4;1-5-6-7-10-22(27)24-11-13-29-15-16-30-18-20(25)9-8-12-28-14-17-31-19-21(26)23(2,3)4;1-5-6-7-9-15(18)10-8-11-20-12-13-21-14-16(19)17(2,3)4;/h5-25H2,1-4H3,(H,31,35);5-19H2,1-4H3,(H,24,27);5-14H2,1-4H3;1H4. The van der Waals surface area contributed by atoms with Crippen molar-refractivity contribution in [3.05, 3.63) is 0 Å². The predicted molar refractivity (Wildman–Crippen MR) is 365 cm³/mol. The molecule has 0 fully saturated rings. The lowest BCUT2D eigenvalue weighted by molar-refractivity contribution is -0.132. The minimum atomic E-state index is -0.404. The molecule has 0 rings (SSSR count). The van der Waals surface area contributed by atoms with E-state index in [-0.39, 0.29) is 105 Å². The number of nitrogens with one attached hydrogen (secondary N) is 2. The van der Waals surface area contributed by atoms with Crippen molar-refractivity contribution in [1.29, 1.82) is 0 Å².